The van der Waals surface area contributed by atoms with E-state index < -0.39 is 0 Å². The average molecular weight is 207 g/mol. The molecule has 0 aromatic heterocycles. The maximum Gasteiger partial charge on any atom is 0.00631 e. The molecule has 1 aliphatic rings. The lowest BCUT2D eigenvalue weighted by molar-refractivity contribution is 0.203. The van der Waals surface area contributed by atoms with E-state index >= 15 is 0 Å². The summed E-state index contributed by atoms with van der Waals surface area (Å²) in [5, 5.41) is 0. The quantitative estimate of drug-likeness (QED) is 0.764. The molecular formula is C10H23ClN2. The fourth-order valence-electron chi connectivity index (χ4n) is 1.62. The Labute approximate surface area is 88.3 Å². The van der Waals surface area contributed by atoms with Crippen LogP contribution in [0.25, 0.3) is 0 Å². The number of rotatable bonds is 3. The third kappa shape index (κ3) is 5.50. The first-order valence-corrected chi connectivity index (χ1v) is 5.16. The van der Waals surface area contributed by atoms with Crippen molar-refractivity contribution in [1.29, 1.82) is 0 Å². The average Bonchev–Trinajstić information content (AvgIpc) is 2.03. The standard InChI is InChI=1S/C10H22N2.ClH/c1-9(2)3-6-12-7-4-10(11)5-8-12;/h9-10H,3-8,11H2,1-2H3;1H. The van der Waals surface area contributed by atoms with E-state index in [1.165, 1.54) is 38.9 Å². The summed E-state index contributed by atoms with van der Waals surface area (Å²) in [4.78, 5) is 2.54. The van der Waals surface area contributed by atoms with Gasteiger partial charge in [0, 0.05) is 6.04 Å². The van der Waals surface area contributed by atoms with Gasteiger partial charge in [-0.1, -0.05) is 13.8 Å². The lowest BCUT2D eigenvalue weighted by Gasteiger charge is -2.30. The minimum absolute atomic E-state index is 0. The zero-order valence-corrected chi connectivity index (χ0v) is 9.65. The van der Waals surface area contributed by atoms with Gasteiger partial charge < -0.3 is 10.6 Å². The Kier molecular flexibility index (Phi) is 6.74. The molecule has 1 aliphatic heterocycles. The van der Waals surface area contributed by atoms with Gasteiger partial charge >= 0.3 is 0 Å². The van der Waals surface area contributed by atoms with E-state index in [0.717, 1.165) is 5.92 Å². The first kappa shape index (κ1) is 13.2. The minimum atomic E-state index is 0. The van der Waals surface area contributed by atoms with Crippen LogP contribution in [-0.4, -0.2) is 30.6 Å². The molecule has 0 bridgehead atoms. The molecule has 2 nitrogen and oxygen atoms in total. The molecule has 80 valence electrons. The summed E-state index contributed by atoms with van der Waals surface area (Å²) in [7, 11) is 0. The van der Waals surface area contributed by atoms with Gasteiger partial charge in [-0.25, -0.2) is 0 Å². The first-order valence-electron chi connectivity index (χ1n) is 5.16. The number of piperidine rings is 1. The summed E-state index contributed by atoms with van der Waals surface area (Å²) >= 11 is 0. The van der Waals surface area contributed by atoms with Crippen molar-refractivity contribution in [2.24, 2.45) is 11.7 Å². The predicted octanol–water partition coefficient (Wildman–Crippen LogP) is 1.88. The molecule has 1 fully saturated rings. The molecule has 1 saturated heterocycles. The van der Waals surface area contributed by atoms with Crippen molar-refractivity contribution in [2.45, 2.75) is 39.2 Å². The Morgan fingerprint density at radius 2 is 1.85 bits per heavy atom. The van der Waals surface area contributed by atoms with E-state index in [0.29, 0.717) is 6.04 Å². The zero-order valence-electron chi connectivity index (χ0n) is 8.83. The third-order valence-corrected chi connectivity index (χ3v) is 2.65. The Balaban J connectivity index is 0.00000144. The van der Waals surface area contributed by atoms with Crippen molar-refractivity contribution < 1.29 is 0 Å². The smallest absolute Gasteiger partial charge is 0.00631 e. The topological polar surface area (TPSA) is 29.3 Å². The number of likely N-dealkylation sites (tertiary alicyclic amines) is 1. The molecule has 0 saturated carbocycles. The maximum absolute atomic E-state index is 5.83. The predicted molar refractivity (Wildman–Crippen MR) is 60.4 cm³/mol. The fraction of sp³-hybridized carbons (Fsp3) is 1.00. The highest BCUT2D eigenvalue weighted by Crippen LogP contribution is 2.10. The van der Waals surface area contributed by atoms with Gasteiger partial charge in [-0.15, -0.1) is 12.4 Å². The first-order chi connectivity index (χ1) is 5.68. The van der Waals surface area contributed by atoms with E-state index in [-0.39, 0.29) is 12.4 Å². The van der Waals surface area contributed by atoms with Crippen molar-refractivity contribution >= 4 is 12.4 Å². The van der Waals surface area contributed by atoms with Gasteiger partial charge in [0.2, 0.25) is 0 Å². The molecule has 0 amide bonds. The van der Waals surface area contributed by atoms with Crippen LogP contribution in [0.4, 0.5) is 0 Å². The molecular weight excluding hydrogens is 184 g/mol. The van der Waals surface area contributed by atoms with Crippen LogP contribution < -0.4 is 5.73 Å². The summed E-state index contributed by atoms with van der Waals surface area (Å²) in [5.41, 5.74) is 5.83. The number of nitrogens with two attached hydrogens (primary N) is 1. The summed E-state index contributed by atoms with van der Waals surface area (Å²) < 4.78 is 0. The van der Waals surface area contributed by atoms with Gasteiger partial charge in [0.15, 0.2) is 0 Å². The monoisotopic (exact) mass is 206 g/mol. The Bertz CT molecular complexity index is 120. The van der Waals surface area contributed by atoms with E-state index in [1.807, 2.05) is 0 Å². The van der Waals surface area contributed by atoms with E-state index in [2.05, 4.69) is 18.7 Å². The largest absolute Gasteiger partial charge is 0.328 e. The highest BCUT2D eigenvalue weighted by molar-refractivity contribution is 5.85. The zero-order chi connectivity index (χ0) is 8.97. The molecule has 1 rings (SSSR count). The highest BCUT2D eigenvalue weighted by atomic mass is 35.5. The normalized spacial score (nSPS) is 20.3. The number of hydrogen-bond donors (Lipinski definition) is 1. The summed E-state index contributed by atoms with van der Waals surface area (Å²) in [6, 6.07) is 0.472. The van der Waals surface area contributed by atoms with Gasteiger partial charge in [0.05, 0.1) is 0 Å². The van der Waals surface area contributed by atoms with Crippen LogP contribution in [0.15, 0.2) is 0 Å². The molecule has 0 aromatic carbocycles. The van der Waals surface area contributed by atoms with Gasteiger partial charge in [-0.2, -0.15) is 0 Å². The highest BCUT2D eigenvalue weighted by Gasteiger charge is 2.15. The van der Waals surface area contributed by atoms with Gasteiger partial charge in [0.25, 0.3) is 0 Å². The van der Waals surface area contributed by atoms with Crippen LogP contribution >= 0.6 is 12.4 Å². The Morgan fingerprint density at radius 3 is 2.31 bits per heavy atom. The summed E-state index contributed by atoms with van der Waals surface area (Å²) in [6.45, 7) is 8.28. The van der Waals surface area contributed by atoms with E-state index in [1.54, 1.807) is 0 Å². The molecule has 3 heteroatoms. The molecule has 0 atom stereocenters. The second kappa shape index (κ2) is 6.63. The molecule has 0 aliphatic carbocycles. The van der Waals surface area contributed by atoms with Crippen molar-refractivity contribution in [3.8, 4) is 0 Å². The Hall–Kier alpha value is 0.210. The molecule has 0 radical (unpaired) electrons. The van der Waals surface area contributed by atoms with Crippen molar-refractivity contribution in [3.63, 3.8) is 0 Å². The molecule has 1 heterocycles. The second-order valence-electron chi connectivity index (χ2n) is 4.36. The molecule has 0 spiro atoms. The van der Waals surface area contributed by atoms with Gasteiger partial charge in [-0.05, 0) is 44.8 Å². The van der Waals surface area contributed by atoms with Crippen LogP contribution in [0.2, 0.25) is 0 Å². The van der Waals surface area contributed by atoms with Gasteiger partial charge in [0.1, 0.15) is 0 Å². The minimum Gasteiger partial charge on any atom is -0.328 e. The molecule has 0 aromatic rings. The van der Waals surface area contributed by atoms with E-state index in [4.69, 9.17) is 5.73 Å². The van der Waals surface area contributed by atoms with Crippen LogP contribution in [0.3, 0.4) is 0 Å². The maximum atomic E-state index is 5.83. The molecule has 0 unspecified atom stereocenters. The van der Waals surface area contributed by atoms with Crippen LogP contribution in [0, 0.1) is 5.92 Å². The van der Waals surface area contributed by atoms with Crippen molar-refractivity contribution in [3.05, 3.63) is 0 Å². The lowest BCUT2D eigenvalue weighted by atomic mass is 10.0. The molecule has 13 heavy (non-hydrogen) atoms. The summed E-state index contributed by atoms with van der Waals surface area (Å²) in [5.74, 6) is 0.834. The van der Waals surface area contributed by atoms with Crippen molar-refractivity contribution in [1.82, 2.24) is 4.90 Å². The second-order valence-corrected chi connectivity index (χ2v) is 4.36. The molecule has 2 N–H and O–H groups in total. The van der Waals surface area contributed by atoms with Crippen LogP contribution in [-0.2, 0) is 0 Å². The summed E-state index contributed by atoms with van der Waals surface area (Å²) in [6.07, 6.45) is 3.71. The van der Waals surface area contributed by atoms with Crippen molar-refractivity contribution in [2.75, 3.05) is 19.6 Å². The SMILES string of the molecule is CC(C)CCN1CCC(N)CC1.Cl. The number of hydrogen-bond acceptors (Lipinski definition) is 2. The van der Waals surface area contributed by atoms with Crippen LogP contribution in [0.1, 0.15) is 33.1 Å². The lowest BCUT2D eigenvalue weighted by Crippen LogP contribution is -2.40. The number of halogens is 1. The number of nitrogens with zero attached hydrogens (tertiary/aromatic N) is 1. The van der Waals surface area contributed by atoms with E-state index in [9.17, 15) is 0 Å². The Morgan fingerprint density at radius 1 is 1.31 bits per heavy atom. The van der Waals surface area contributed by atoms with Gasteiger partial charge in [-0.3, -0.25) is 0 Å². The fourth-order valence-corrected chi connectivity index (χ4v) is 1.62. The third-order valence-electron chi connectivity index (χ3n) is 2.65. The van der Waals surface area contributed by atoms with Crippen LogP contribution in [0.5, 0.6) is 0 Å².